The van der Waals surface area contributed by atoms with Gasteiger partial charge in [0.25, 0.3) is 0 Å². The molecule has 10 heteroatoms. The summed E-state index contributed by atoms with van der Waals surface area (Å²) in [6, 6.07) is 7.29. The van der Waals surface area contributed by atoms with Crippen LogP contribution in [0.3, 0.4) is 0 Å². The van der Waals surface area contributed by atoms with Gasteiger partial charge in [-0.25, -0.2) is 4.79 Å². The Balaban J connectivity index is 2.07. The molecule has 0 amide bonds. The van der Waals surface area contributed by atoms with Crippen LogP contribution < -0.4 is 9.81 Å². The Morgan fingerprint density at radius 1 is 1.07 bits per heavy atom. The Morgan fingerprint density at radius 3 is 2.41 bits per heavy atom. The molecular formula is C17H10ClF3O5S. The summed E-state index contributed by atoms with van der Waals surface area (Å²) in [6.45, 7) is 1.51. The number of hydrogen-bond donors (Lipinski definition) is 0. The molecule has 0 saturated carbocycles. The zero-order chi connectivity index (χ0) is 20.0. The van der Waals surface area contributed by atoms with Crippen molar-refractivity contribution in [1.82, 2.24) is 0 Å². The minimum Gasteiger partial charge on any atom is -0.423 e. The fraction of sp³-hybridized carbons (Fsp3) is 0.118. The van der Waals surface area contributed by atoms with Crippen LogP contribution >= 0.6 is 11.6 Å². The van der Waals surface area contributed by atoms with Gasteiger partial charge in [0, 0.05) is 22.5 Å². The number of halogens is 4. The van der Waals surface area contributed by atoms with Crippen LogP contribution in [-0.4, -0.2) is 8.42 Å². The van der Waals surface area contributed by atoms with Gasteiger partial charge in [-0.2, -0.15) is 21.6 Å². The molecule has 0 unspecified atom stereocenters. The lowest BCUT2D eigenvalue weighted by atomic mass is 10.1. The van der Waals surface area contributed by atoms with Crippen LogP contribution in [0.25, 0.3) is 11.0 Å². The maximum Gasteiger partial charge on any atom is 0.417 e. The highest BCUT2D eigenvalue weighted by Gasteiger charge is 2.34. The minimum atomic E-state index is -4.77. The van der Waals surface area contributed by atoms with Crippen molar-refractivity contribution < 1.29 is 30.2 Å². The van der Waals surface area contributed by atoms with Gasteiger partial charge in [0.2, 0.25) is 0 Å². The summed E-state index contributed by atoms with van der Waals surface area (Å²) in [4.78, 5) is 11.3. The third-order valence-corrected chi connectivity index (χ3v) is 5.28. The first-order valence-corrected chi connectivity index (χ1v) is 9.12. The Hall–Kier alpha value is -2.52. The average molecular weight is 419 g/mol. The van der Waals surface area contributed by atoms with E-state index in [1.165, 1.54) is 25.1 Å². The van der Waals surface area contributed by atoms with E-state index < -0.39 is 38.5 Å². The van der Waals surface area contributed by atoms with Crippen molar-refractivity contribution in [3.05, 3.63) is 69.0 Å². The SMILES string of the molecule is Cc1cc(Cl)ccc1S(=O)(=O)Oc1ccc2c(C(F)(F)F)cc(=O)oc2c1. The largest absolute Gasteiger partial charge is 0.423 e. The molecule has 0 radical (unpaired) electrons. The normalized spacial score (nSPS) is 12.3. The number of fused-ring (bicyclic) bond motifs is 1. The lowest BCUT2D eigenvalue weighted by Gasteiger charge is -2.12. The lowest BCUT2D eigenvalue weighted by molar-refractivity contribution is -0.136. The molecular weight excluding hydrogens is 409 g/mol. The molecule has 27 heavy (non-hydrogen) atoms. The fourth-order valence-electron chi connectivity index (χ4n) is 2.49. The summed E-state index contributed by atoms with van der Waals surface area (Å²) in [5.74, 6) is -0.306. The van der Waals surface area contributed by atoms with Gasteiger partial charge in [0.1, 0.15) is 16.2 Å². The van der Waals surface area contributed by atoms with E-state index in [1.807, 2.05) is 0 Å². The number of hydrogen-bond acceptors (Lipinski definition) is 5. The molecule has 1 aromatic heterocycles. The maximum absolute atomic E-state index is 13.0. The van der Waals surface area contributed by atoms with Crippen molar-refractivity contribution in [3.63, 3.8) is 0 Å². The smallest absolute Gasteiger partial charge is 0.417 e. The first-order chi connectivity index (χ1) is 12.5. The molecule has 0 bridgehead atoms. The number of rotatable bonds is 3. The van der Waals surface area contributed by atoms with E-state index in [9.17, 15) is 26.4 Å². The van der Waals surface area contributed by atoms with E-state index in [0.29, 0.717) is 16.7 Å². The highest BCUT2D eigenvalue weighted by atomic mass is 35.5. The third kappa shape index (κ3) is 3.93. The van der Waals surface area contributed by atoms with Crippen LogP contribution in [0.4, 0.5) is 13.2 Å². The second-order valence-corrected chi connectivity index (χ2v) is 7.53. The van der Waals surface area contributed by atoms with Crippen LogP contribution in [0.15, 0.2) is 56.6 Å². The van der Waals surface area contributed by atoms with Gasteiger partial charge in [0.15, 0.2) is 0 Å². The van der Waals surface area contributed by atoms with E-state index in [1.54, 1.807) is 0 Å². The van der Waals surface area contributed by atoms with Crippen LogP contribution in [0, 0.1) is 6.92 Å². The summed E-state index contributed by atoms with van der Waals surface area (Å²) in [6.07, 6.45) is -4.77. The molecule has 0 atom stereocenters. The van der Waals surface area contributed by atoms with Crippen molar-refractivity contribution in [2.75, 3.05) is 0 Å². The van der Waals surface area contributed by atoms with E-state index in [4.69, 9.17) is 20.2 Å². The summed E-state index contributed by atoms with van der Waals surface area (Å²) < 4.78 is 73.7. The van der Waals surface area contributed by atoms with E-state index >= 15 is 0 Å². The summed E-state index contributed by atoms with van der Waals surface area (Å²) in [5.41, 5.74) is -2.52. The average Bonchev–Trinajstić information content (AvgIpc) is 2.52. The summed E-state index contributed by atoms with van der Waals surface area (Å²) in [5, 5.41) is -0.0619. The second-order valence-electron chi connectivity index (χ2n) is 5.58. The molecule has 0 aliphatic carbocycles. The third-order valence-electron chi connectivity index (χ3n) is 3.63. The van der Waals surface area contributed by atoms with Gasteiger partial charge in [-0.1, -0.05) is 11.6 Å². The van der Waals surface area contributed by atoms with E-state index in [-0.39, 0.29) is 10.6 Å². The fourth-order valence-corrected chi connectivity index (χ4v) is 3.86. The Labute approximate surface area is 156 Å². The molecule has 0 saturated heterocycles. The molecule has 5 nitrogen and oxygen atoms in total. The first kappa shape index (κ1) is 19.2. The Morgan fingerprint density at radius 2 is 1.78 bits per heavy atom. The number of benzene rings is 2. The predicted molar refractivity (Wildman–Crippen MR) is 91.5 cm³/mol. The standard InChI is InChI=1S/C17H10ClF3O5S/c1-9-6-10(18)2-5-15(9)27(23,24)26-11-3-4-12-13(17(19,20)21)8-16(22)25-14(12)7-11/h2-8H,1H3. The molecule has 0 N–H and O–H groups in total. The van der Waals surface area contributed by atoms with Crippen LogP contribution in [0.1, 0.15) is 11.1 Å². The first-order valence-electron chi connectivity index (χ1n) is 7.33. The Kier molecular flexibility index (Phi) is 4.69. The highest BCUT2D eigenvalue weighted by molar-refractivity contribution is 7.87. The minimum absolute atomic E-state index is 0.155. The summed E-state index contributed by atoms with van der Waals surface area (Å²) in [7, 11) is -4.28. The molecule has 142 valence electrons. The monoisotopic (exact) mass is 418 g/mol. The predicted octanol–water partition coefficient (Wildman–Crippen LogP) is 4.54. The van der Waals surface area contributed by atoms with E-state index in [0.717, 1.165) is 18.2 Å². The molecule has 1 heterocycles. The van der Waals surface area contributed by atoms with Gasteiger partial charge < -0.3 is 8.60 Å². The molecule has 0 aliphatic heterocycles. The molecule has 0 aliphatic rings. The van der Waals surface area contributed by atoms with Crippen molar-refractivity contribution in [2.45, 2.75) is 18.0 Å². The van der Waals surface area contributed by atoms with Crippen molar-refractivity contribution in [1.29, 1.82) is 0 Å². The van der Waals surface area contributed by atoms with Gasteiger partial charge in [-0.05, 0) is 42.8 Å². The molecule has 0 spiro atoms. The van der Waals surface area contributed by atoms with E-state index in [2.05, 4.69) is 0 Å². The quantitative estimate of drug-likeness (QED) is 0.461. The Bertz CT molecular complexity index is 1200. The van der Waals surface area contributed by atoms with Gasteiger partial charge >= 0.3 is 21.9 Å². The maximum atomic E-state index is 13.0. The number of alkyl halides is 3. The summed E-state index contributed by atoms with van der Waals surface area (Å²) >= 11 is 5.79. The molecule has 2 aromatic carbocycles. The topological polar surface area (TPSA) is 73.6 Å². The van der Waals surface area contributed by atoms with Gasteiger partial charge in [-0.15, -0.1) is 0 Å². The zero-order valence-electron chi connectivity index (χ0n) is 13.5. The molecule has 3 rings (SSSR count). The van der Waals surface area contributed by atoms with Crippen LogP contribution in [0.2, 0.25) is 5.02 Å². The lowest BCUT2D eigenvalue weighted by Crippen LogP contribution is -2.12. The molecule has 3 aromatic rings. The van der Waals surface area contributed by atoms with Crippen LogP contribution in [-0.2, 0) is 16.3 Å². The van der Waals surface area contributed by atoms with Crippen molar-refractivity contribution in [2.24, 2.45) is 0 Å². The van der Waals surface area contributed by atoms with Crippen molar-refractivity contribution >= 4 is 32.7 Å². The number of aryl methyl sites for hydroxylation is 1. The van der Waals surface area contributed by atoms with Gasteiger partial charge in [-0.3, -0.25) is 0 Å². The highest BCUT2D eigenvalue weighted by Crippen LogP contribution is 2.35. The van der Waals surface area contributed by atoms with Gasteiger partial charge in [0.05, 0.1) is 5.56 Å². The second kappa shape index (κ2) is 6.58. The van der Waals surface area contributed by atoms with Crippen molar-refractivity contribution in [3.8, 4) is 5.75 Å². The molecule has 0 fully saturated rings. The van der Waals surface area contributed by atoms with Crippen LogP contribution in [0.5, 0.6) is 5.75 Å². The zero-order valence-corrected chi connectivity index (χ0v) is 15.1.